The zero-order chi connectivity index (χ0) is 11.6. The first-order valence-electron chi connectivity index (χ1n) is 5.30. The van der Waals surface area contributed by atoms with Crippen molar-refractivity contribution in [2.45, 2.75) is 38.8 Å². The minimum Gasteiger partial charge on any atom is -0.328 e. The number of nitrogens with zero attached hydrogens (tertiary/aromatic N) is 1. The predicted octanol–water partition coefficient (Wildman–Crippen LogP) is -0.102. The first-order chi connectivity index (χ1) is 6.81. The molecule has 0 amide bonds. The largest absolute Gasteiger partial charge is 0.328 e. The van der Waals surface area contributed by atoms with Crippen molar-refractivity contribution in [3.63, 3.8) is 0 Å². The highest BCUT2D eigenvalue weighted by Gasteiger charge is 2.31. The summed E-state index contributed by atoms with van der Waals surface area (Å²) >= 11 is 0. The van der Waals surface area contributed by atoms with Gasteiger partial charge in [0.15, 0.2) is 0 Å². The van der Waals surface area contributed by atoms with Gasteiger partial charge in [0.1, 0.15) is 0 Å². The molecule has 1 aliphatic rings. The Labute approximate surface area is 92.2 Å². The first-order valence-corrected chi connectivity index (χ1v) is 6.74. The molecule has 1 saturated carbocycles. The number of hydrogen-bond donors (Lipinski definition) is 2. The van der Waals surface area contributed by atoms with Crippen LogP contribution in [0.25, 0.3) is 0 Å². The zero-order valence-corrected chi connectivity index (χ0v) is 10.4. The minimum absolute atomic E-state index is 0.0274. The maximum atomic E-state index is 11.7. The van der Waals surface area contributed by atoms with Gasteiger partial charge in [-0.25, -0.2) is 0 Å². The molecule has 0 spiro atoms. The molecule has 15 heavy (non-hydrogen) atoms. The lowest BCUT2D eigenvalue weighted by molar-refractivity contribution is 0.315. The van der Waals surface area contributed by atoms with E-state index in [4.69, 9.17) is 5.73 Å². The summed E-state index contributed by atoms with van der Waals surface area (Å²) in [5, 5.41) is 0. The van der Waals surface area contributed by atoms with E-state index in [1.54, 1.807) is 7.05 Å². The van der Waals surface area contributed by atoms with E-state index < -0.39 is 10.2 Å². The monoisotopic (exact) mass is 235 g/mol. The van der Waals surface area contributed by atoms with E-state index in [0.29, 0.717) is 12.5 Å². The van der Waals surface area contributed by atoms with Gasteiger partial charge in [0.05, 0.1) is 0 Å². The molecule has 0 radical (unpaired) electrons. The van der Waals surface area contributed by atoms with E-state index in [9.17, 15) is 8.42 Å². The third-order valence-corrected chi connectivity index (χ3v) is 4.12. The van der Waals surface area contributed by atoms with Crippen LogP contribution in [0.15, 0.2) is 0 Å². The van der Waals surface area contributed by atoms with Crippen LogP contribution in [-0.4, -0.2) is 38.4 Å². The van der Waals surface area contributed by atoms with Crippen LogP contribution in [0.3, 0.4) is 0 Å². The molecule has 0 aromatic rings. The molecule has 0 aliphatic heterocycles. The van der Waals surface area contributed by atoms with Crippen LogP contribution in [0.4, 0.5) is 0 Å². The van der Waals surface area contributed by atoms with Gasteiger partial charge < -0.3 is 5.73 Å². The van der Waals surface area contributed by atoms with E-state index >= 15 is 0 Å². The number of nitrogens with two attached hydrogens (primary N) is 1. The number of hydrogen-bond acceptors (Lipinski definition) is 3. The van der Waals surface area contributed by atoms with E-state index in [-0.39, 0.29) is 12.1 Å². The molecule has 0 unspecified atom stereocenters. The molecule has 0 atom stereocenters. The van der Waals surface area contributed by atoms with Crippen LogP contribution < -0.4 is 10.5 Å². The molecular formula is C9H21N3O2S. The van der Waals surface area contributed by atoms with Crippen molar-refractivity contribution in [3.8, 4) is 0 Å². The number of nitrogens with one attached hydrogen (secondary N) is 1. The van der Waals surface area contributed by atoms with Crippen molar-refractivity contribution in [1.82, 2.24) is 9.03 Å². The predicted molar refractivity (Wildman–Crippen MR) is 60.5 cm³/mol. The van der Waals surface area contributed by atoms with Crippen LogP contribution in [0.1, 0.15) is 26.7 Å². The Morgan fingerprint density at radius 1 is 1.47 bits per heavy atom. The van der Waals surface area contributed by atoms with Crippen molar-refractivity contribution < 1.29 is 8.42 Å². The fourth-order valence-corrected chi connectivity index (χ4v) is 2.96. The summed E-state index contributed by atoms with van der Waals surface area (Å²) in [5.74, 6) is 0.329. The molecule has 0 heterocycles. The second-order valence-electron chi connectivity index (χ2n) is 4.73. The lowest BCUT2D eigenvalue weighted by atomic mass is 9.89. The van der Waals surface area contributed by atoms with Crippen molar-refractivity contribution in [1.29, 1.82) is 0 Å². The normalized spacial score (nSPS) is 27.1. The van der Waals surface area contributed by atoms with E-state index in [0.717, 1.165) is 12.8 Å². The SMILES string of the molecule is CC(C)CN(C)S(=O)(=O)NC1CC(N)C1. The lowest BCUT2D eigenvalue weighted by Gasteiger charge is -2.34. The molecule has 6 heteroatoms. The summed E-state index contributed by atoms with van der Waals surface area (Å²) < 4.78 is 27.5. The fourth-order valence-electron chi connectivity index (χ4n) is 1.67. The molecule has 0 bridgehead atoms. The van der Waals surface area contributed by atoms with Gasteiger partial charge in [-0.1, -0.05) is 13.8 Å². The molecule has 90 valence electrons. The van der Waals surface area contributed by atoms with Gasteiger partial charge in [-0.2, -0.15) is 17.4 Å². The van der Waals surface area contributed by atoms with Gasteiger partial charge >= 0.3 is 0 Å². The summed E-state index contributed by atoms with van der Waals surface area (Å²) in [6.45, 7) is 4.52. The van der Waals surface area contributed by atoms with Crippen LogP contribution in [0.2, 0.25) is 0 Å². The number of rotatable bonds is 5. The average Bonchev–Trinajstić information content (AvgIpc) is 1.99. The van der Waals surface area contributed by atoms with Gasteiger partial charge in [-0.3, -0.25) is 0 Å². The molecule has 5 nitrogen and oxygen atoms in total. The standard InChI is InChI=1S/C9H21N3O2S/c1-7(2)6-12(3)15(13,14)11-9-4-8(10)5-9/h7-9,11H,4-6,10H2,1-3H3. The molecule has 1 aliphatic carbocycles. The smallest absolute Gasteiger partial charge is 0.279 e. The van der Waals surface area contributed by atoms with Gasteiger partial charge in [-0.15, -0.1) is 0 Å². The maximum absolute atomic E-state index is 11.7. The summed E-state index contributed by atoms with van der Waals surface area (Å²) in [7, 11) is -1.71. The molecule has 0 aromatic heterocycles. The Morgan fingerprint density at radius 3 is 2.40 bits per heavy atom. The highest BCUT2D eigenvalue weighted by molar-refractivity contribution is 7.87. The van der Waals surface area contributed by atoms with Crippen molar-refractivity contribution in [2.75, 3.05) is 13.6 Å². The Hall–Kier alpha value is -0.170. The fraction of sp³-hybridized carbons (Fsp3) is 1.00. The Balaban J connectivity index is 2.44. The Bertz CT molecular complexity index is 296. The average molecular weight is 235 g/mol. The van der Waals surface area contributed by atoms with Gasteiger partial charge in [0.2, 0.25) is 0 Å². The molecule has 0 saturated heterocycles. The summed E-state index contributed by atoms with van der Waals surface area (Å²) in [6, 6.07) is 0.188. The molecule has 1 rings (SSSR count). The van der Waals surface area contributed by atoms with Crippen LogP contribution in [0, 0.1) is 5.92 Å². The van der Waals surface area contributed by atoms with Crippen LogP contribution in [-0.2, 0) is 10.2 Å². The van der Waals surface area contributed by atoms with Gasteiger partial charge in [-0.05, 0) is 18.8 Å². The third-order valence-electron chi connectivity index (χ3n) is 2.52. The van der Waals surface area contributed by atoms with E-state index in [2.05, 4.69) is 4.72 Å². The molecule has 3 N–H and O–H groups in total. The Kier molecular flexibility index (Phi) is 4.11. The van der Waals surface area contributed by atoms with Crippen LogP contribution in [0.5, 0.6) is 0 Å². The third kappa shape index (κ3) is 3.71. The molecule has 1 fully saturated rings. The Morgan fingerprint density at radius 2 is 2.00 bits per heavy atom. The van der Waals surface area contributed by atoms with Gasteiger partial charge in [0.25, 0.3) is 10.2 Å². The van der Waals surface area contributed by atoms with E-state index in [1.807, 2.05) is 13.8 Å². The van der Waals surface area contributed by atoms with Gasteiger partial charge in [0, 0.05) is 25.7 Å². The second-order valence-corrected chi connectivity index (χ2v) is 6.53. The summed E-state index contributed by atoms with van der Waals surface area (Å²) in [4.78, 5) is 0. The van der Waals surface area contributed by atoms with Crippen molar-refractivity contribution in [3.05, 3.63) is 0 Å². The maximum Gasteiger partial charge on any atom is 0.279 e. The second kappa shape index (κ2) is 4.78. The highest BCUT2D eigenvalue weighted by atomic mass is 32.2. The highest BCUT2D eigenvalue weighted by Crippen LogP contribution is 2.18. The van der Waals surface area contributed by atoms with Crippen molar-refractivity contribution in [2.24, 2.45) is 11.7 Å². The topological polar surface area (TPSA) is 75.4 Å². The molecular weight excluding hydrogens is 214 g/mol. The van der Waals surface area contributed by atoms with E-state index in [1.165, 1.54) is 4.31 Å². The first kappa shape index (κ1) is 12.9. The quantitative estimate of drug-likeness (QED) is 0.698. The summed E-state index contributed by atoms with van der Waals surface area (Å²) in [6.07, 6.45) is 1.49. The minimum atomic E-state index is -3.31. The van der Waals surface area contributed by atoms with Crippen LogP contribution >= 0.6 is 0 Å². The summed E-state index contributed by atoms with van der Waals surface area (Å²) in [5.41, 5.74) is 5.60. The zero-order valence-electron chi connectivity index (χ0n) is 9.60. The lowest BCUT2D eigenvalue weighted by Crippen LogP contribution is -2.53. The van der Waals surface area contributed by atoms with Crippen molar-refractivity contribution >= 4 is 10.2 Å². The molecule has 0 aromatic carbocycles.